The van der Waals surface area contributed by atoms with Crippen LogP contribution < -0.4 is 5.73 Å². The number of hydrogen-bond donors (Lipinski definition) is 1. The number of rotatable bonds is 3. The van der Waals surface area contributed by atoms with Gasteiger partial charge in [0.2, 0.25) is 0 Å². The molecule has 1 unspecified atom stereocenters. The minimum Gasteiger partial charge on any atom is -0.324 e. The summed E-state index contributed by atoms with van der Waals surface area (Å²) in [5.41, 5.74) is 8.38. The van der Waals surface area contributed by atoms with Crippen molar-refractivity contribution in [3.63, 3.8) is 0 Å². The molecule has 0 fully saturated rings. The predicted molar refractivity (Wildman–Crippen MR) is 68.5 cm³/mol. The molecule has 0 aliphatic rings. The Bertz CT molecular complexity index is 453. The van der Waals surface area contributed by atoms with Crippen molar-refractivity contribution in [3.05, 3.63) is 70.7 Å². The lowest BCUT2D eigenvalue weighted by molar-refractivity contribution is 0.722. The molecule has 2 heteroatoms. The monoisotopic (exact) mass is 231 g/mol. The lowest BCUT2D eigenvalue weighted by Gasteiger charge is -2.13. The van der Waals surface area contributed by atoms with Crippen molar-refractivity contribution < 1.29 is 0 Å². The van der Waals surface area contributed by atoms with Crippen molar-refractivity contribution in [2.45, 2.75) is 12.5 Å². The molecule has 16 heavy (non-hydrogen) atoms. The summed E-state index contributed by atoms with van der Waals surface area (Å²) in [4.78, 5) is 0. The molecular weight excluding hydrogens is 218 g/mol. The molecule has 2 aromatic rings. The Balaban J connectivity index is 2.15. The molecule has 1 nitrogen and oxygen atoms in total. The second-order valence-corrected chi connectivity index (χ2v) is 4.22. The summed E-state index contributed by atoms with van der Waals surface area (Å²) in [6, 6.07) is 17.9. The summed E-state index contributed by atoms with van der Waals surface area (Å²) in [5.74, 6) is 0. The molecule has 2 aromatic carbocycles. The molecule has 2 N–H and O–H groups in total. The van der Waals surface area contributed by atoms with Gasteiger partial charge in [0.1, 0.15) is 0 Å². The normalized spacial score (nSPS) is 12.4. The van der Waals surface area contributed by atoms with Gasteiger partial charge in [0.05, 0.1) is 0 Å². The minimum absolute atomic E-state index is 0.0453. The predicted octanol–water partition coefficient (Wildman–Crippen LogP) is 3.58. The summed E-state index contributed by atoms with van der Waals surface area (Å²) in [5, 5.41) is 0.742. The van der Waals surface area contributed by atoms with Crippen LogP contribution in [0.2, 0.25) is 5.02 Å². The van der Waals surface area contributed by atoms with Crippen molar-refractivity contribution in [1.82, 2.24) is 0 Å². The first-order valence-electron chi connectivity index (χ1n) is 5.31. The highest BCUT2D eigenvalue weighted by atomic mass is 35.5. The van der Waals surface area contributed by atoms with Gasteiger partial charge in [0.15, 0.2) is 0 Å². The highest BCUT2D eigenvalue weighted by Gasteiger charge is 2.09. The van der Waals surface area contributed by atoms with E-state index in [-0.39, 0.29) is 6.04 Å². The minimum atomic E-state index is -0.0453. The van der Waals surface area contributed by atoms with Gasteiger partial charge >= 0.3 is 0 Å². The molecule has 0 saturated carbocycles. The lowest BCUT2D eigenvalue weighted by atomic mass is 10.00. The van der Waals surface area contributed by atoms with Crippen LogP contribution in [0.1, 0.15) is 17.2 Å². The largest absolute Gasteiger partial charge is 0.324 e. The van der Waals surface area contributed by atoms with Crippen LogP contribution in [0.3, 0.4) is 0 Å². The van der Waals surface area contributed by atoms with E-state index in [0.29, 0.717) is 0 Å². The van der Waals surface area contributed by atoms with E-state index in [4.69, 9.17) is 17.3 Å². The van der Waals surface area contributed by atoms with Gasteiger partial charge in [-0.25, -0.2) is 0 Å². The van der Waals surface area contributed by atoms with Crippen molar-refractivity contribution in [2.24, 2.45) is 5.73 Å². The van der Waals surface area contributed by atoms with Gasteiger partial charge in [-0.05, 0) is 23.6 Å². The highest BCUT2D eigenvalue weighted by molar-refractivity contribution is 6.31. The van der Waals surface area contributed by atoms with Gasteiger partial charge in [-0.15, -0.1) is 0 Å². The smallest absolute Gasteiger partial charge is 0.0453 e. The maximum atomic E-state index is 6.14. The molecule has 0 spiro atoms. The van der Waals surface area contributed by atoms with Gasteiger partial charge in [0, 0.05) is 11.1 Å². The Morgan fingerprint density at radius 3 is 2.25 bits per heavy atom. The summed E-state index contributed by atoms with van der Waals surface area (Å²) < 4.78 is 0. The first-order valence-corrected chi connectivity index (χ1v) is 5.69. The molecule has 0 aliphatic heterocycles. The SMILES string of the molecule is NC(Cc1ccccc1)c1ccccc1Cl. The van der Waals surface area contributed by atoms with Crippen molar-refractivity contribution in [1.29, 1.82) is 0 Å². The molecule has 0 heterocycles. The number of hydrogen-bond acceptors (Lipinski definition) is 1. The number of benzene rings is 2. The fourth-order valence-corrected chi connectivity index (χ4v) is 2.03. The van der Waals surface area contributed by atoms with Gasteiger partial charge in [-0.1, -0.05) is 60.1 Å². The standard InChI is InChI=1S/C14H14ClN/c15-13-9-5-4-8-12(13)14(16)10-11-6-2-1-3-7-11/h1-9,14H,10,16H2. The van der Waals surface area contributed by atoms with E-state index >= 15 is 0 Å². The Morgan fingerprint density at radius 1 is 0.938 bits per heavy atom. The van der Waals surface area contributed by atoms with Crippen LogP contribution in [-0.4, -0.2) is 0 Å². The summed E-state index contributed by atoms with van der Waals surface area (Å²) in [7, 11) is 0. The second-order valence-electron chi connectivity index (χ2n) is 3.82. The first kappa shape index (κ1) is 11.2. The fraction of sp³-hybridized carbons (Fsp3) is 0.143. The second kappa shape index (κ2) is 5.15. The third kappa shape index (κ3) is 2.63. The molecule has 0 bridgehead atoms. The van der Waals surface area contributed by atoms with Crippen LogP contribution >= 0.6 is 11.6 Å². The van der Waals surface area contributed by atoms with Crippen LogP contribution in [0.4, 0.5) is 0 Å². The Kier molecular flexibility index (Phi) is 3.60. The average Bonchev–Trinajstić information content (AvgIpc) is 2.31. The van der Waals surface area contributed by atoms with E-state index in [0.717, 1.165) is 17.0 Å². The lowest BCUT2D eigenvalue weighted by Crippen LogP contribution is -2.13. The maximum Gasteiger partial charge on any atom is 0.0453 e. The van der Waals surface area contributed by atoms with E-state index in [9.17, 15) is 0 Å². The molecule has 0 aliphatic carbocycles. The summed E-state index contributed by atoms with van der Waals surface area (Å²) in [6.45, 7) is 0. The first-order chi connectivity index (χ1) is 7.77. The molecule has 1 atom stereocenters. The van der Waals surface area contributed by atoms with E-state index in [1.165, 1.54) is 5.56 Å². The number of nitrogens with two attached hydrogens (primary N) is 1. The summed E-state index contributed by atoms with van der Waals surface area (Å²) in [6.07, 6.45) is 0.810. The average molecular weight is 232 g/mol. The van der Waals surface area contributed by atoms with Crippen molar-refractivity contribution >= 4 is 11.6 Å². The van der Waals surface area contributed by atoms with Crippen molar-refractivity contribution in [3.8, 4) is 0 Å². The molecule has 0 radical (unpaired) electrons. The van der Waals surface area contributed by atoms with Gasteiger partial charge in [-0.3, -0.25) is 0 Å². The van der Waals surface area contributed by atoms with Gasteiger partial charge in [-0.2, -0.15) is 0 Å². The van der Waals surface area contributed by atoms with Crippen LogP contribution in [0.15, 0.2) is 54.6 Å². The fourth-order valence-electron chi connectivity index (χ4n) is 1.75. The van der Waals surface area contributed by atoms with Gasteiger partial charge < -0.3 is 5.73 Å². The highest BCUT2D eigenvalue weighted by Crippen LogP contribution is 2.23. The van der Waals surface area contributed by atoms with Crippen LogP contribution in [0.5, 0.6) is 0 Å². The molecule has 0 saturated heterocycles. The quantitative estimate of drug-likeness (QED) is 0.859. The zero-order valence-corrected chi connectivity index (χ0v) is 9.69. The topological polar surface area (TPSA) is 26.0 Å². The molecule has 0 amide bonds. The van der Waals surface area contributed by atoms with Crippen LogP contribution in [0, 0.1) is 0 Å². The third-order valence-electron chi connectivity index (χ3n) is 2.60. The van der Waals surface area contributed by atoms with Crippen LogP contribution in [-0.2, 0) is 6.42 Å². The zero-order chi connectivity index (χ0) is 11.4. The molecule has 0 aromatic heterocycles. The molecule has 2 rings (SSSR count). The molecular formula is C14H14ClN. The van der Waals surface area contributed by atoms with E-state index < -0.39 is 0 Å². The summed E-state index contributed by atoms with van der Waals surface area (Å²) >= 11 is 6.11. The Labute approximate surface area is 101 Å². The zero-order valence-electron chi connectivity index (χ0n) is 8.94. The number of halogens is 1. The van der Waals surface area contributed by atoms with Crippen LogP contribution in [0.25, 0.3) is 0 Å². The third-order valence-corrected chi connectivity index (χ3v) is 2.95. The maximum absolute atomic E-state index is 6.14. The Morgan fingerprint density at radius 2 is 1.56 bits per heavy atom. The molecule has 82 valence electrons. The van der Waals surface area contributed by atoms with E-state index in [2.05, 4.69) is 12.1 Å². The Hall–Kier alpha value is -1.31. The van der Waals surface area contributed by atoms with E-state index in [1.807, 2.05) is 42.5 Å². The van der Waals surface area contributed by atoms with Gasteiger partial charge in [0.25, 0.3) is 0 Å². The van der Waals surface area contributed by atoms with E-state index in [1.54, 1.807) is 0 Å². The van der Waals surface area contributed by atoms with Crippen molar-refractivity contribution in [2.75, 3.05) is 0 Å².